The number of aryl methyl sites for hydroxylation is 1. The van der Waals surface area contributed by atoms with Gasteiger partial charge in [0.15, 0.2) is 0 Å². The van der Waals surface area contributed by atoms with Gasteiger partial charge in [0.25, 0.3) is 0 Å². The Morgan fingerprint density at radius 3 is 2.70 bits per heavy atom. The molecule has 0 radical (unpaired) electrons. The van der Waals surface area contributed by atoms with Gasteiger partial charge in [0, 0.05) is 12.5 Å². The van der Waals surface area contributed by atoms with Gasteiger partial charge in [-0.15, -0.1) is 0 Å². The van der Waals surface area contributed by atoms with E-state index < -0.39 is 5.97 Å². The van der Waals surface area contributed by atoms with Gasteiger partial charge >= 0.3 is 5.97 Å². The number of fused-ring (bicyclic) bond motifs is 1. The highest BCUT2D eigenvalue weighted by molar-refractivity contribution is 5.93. The smallest absolute Gasteiger partial charge is 0.335 e. The number of carbonyl (C=O) groups excluding carboxylic acids is 1. The highest BCUT2D eigenvalue weighted by Gasteiger charge is 2.24. The van der Waals surface area contributed by atoms with E-state index in [2.05, 4.69) is 5.10 Å². The van der Waals surface area contributed by atoms with E-state index in [1.165, 1.54) is 0 Å². The number of rotatable bonds is 3. The van der Waals surface area contributed by atoms with Crippen molar-refractivity contribution in [3.05, 3.63) is 47.7 Å². The Kier molecular flexibility index (Phi) is 2.98. The first-order valence-corrected chi connectivity index (χ1v) is 6.29. The molecule has 20 heavy (non-hydrogen) atoms. The van der Waals surface area contributed by atoms with Gasteiger partial charge in [-0.2, -0.15) is 5.10 Å². The SMILES string of the molecule is O=C(O)c1ccc(CN2C(=O)CCn3nccc32)cc1. The molecule has 2 heterocycles. The second-order valence-electron chi connectivity index (χ2n) is 4.64. The lowest BCUT2D eigenvalue weighted by Gasteiger charge is -2.27. The van der Waals surface area contributed by atoms with Gasteiger partial charge in [0.1, 0.15) is 5.82 Å². The van der Waals surface area contributed by atoms with Gasteiger partial charge < -0.3 is 5.11 Å². The Morgan fingerprint density at radius 1 is 1.25 bits per heavy atom. The highest BCUT2D eigenvalue weighted by Crippen LogP contribution is 2.22. The summed E-state index contributed by atoms with van der Waals surface area (Å²) in [5, 5.41) is 13.0. The third-order valence-corrected chi connectivity index (χ3v) is 3.35. The maximum absolute atomic E-state index is 12.0. The Labute approximate surface area is 115 Å². The number of hydrogen-bond donors (Lipinski definition) is 1. The molecule has 3 rings (SSSR count). The number of amides is 1. The lowest BCUT2D eigenvalue weighted by Crippen LogP contribution is -2.36. The second-order valence-corrected chi connectivity index (χ2v) is 4.64. The van der Waals surface area contributed by atoms with Crippen molar-refractivity contribution >= 4 is 17.7 Å². The van der Waals surface area contributed by atoms with E-state index in [1.807, 2.05) is 6.07 Å². The summed E-state index contributed by atoms with van der Waals surface area (Å²) in [6, 6.07) is 8.35. The Bertz CT molecular complexity index is 661. The van der Waals surface area contributed by atoms with Crippen LogP contribution in [0.5, 0.6) is 0 Å². The van der Waals surface area contributed by atoms with E-state index in [-0.39, 0.29) is 11.5 Å². The minimum atomic E-state index is -0.955. The van der Waals surface area contributed by atoms with Gasteiger partial charge in [0.2, 0.25) is 5.91 Å². The number of benzene rings is 1. The third-order valence-electron chi connectivity index (χ3n) is 3.35. The molecular formula is C14H13N3O3. The lowest BCUT2D eigenvalue weighted by atomic mass is 10.1. The standard InChI is InChI=1S/C14H13N3O3/c18-13-6-8-17-12(5-7-15-17)16(13)9-10-1-3-11(4-2-10)14(19)20/h1-5,7H,6,8-9H2,(H,19,20). The number of anilines is 1. The van der Waals surface area contributed by atoms with Crippen molar-refractivity contribution in [2.45, 2.75) is 19.5 Å². The van der Waals surface area contributed by atoms with Crippen molar-refractivity contribution in [3.63, 3.8) is 0 Å². The largest absolute Gasteiger partial charge is 0.478 e. The molecule has 1 amide bonds. The molecule has 1 aliphatic rings. The summed E-state index contributed by atoms with van der Waals surface area (Å²) in [5.74, 6) is -0.118. The van der Waals surface area contributed by atoms with E-state index in [1.54, 1.807) is 40.0 Å². The molecule has 1 aliphatic heterocycles. The summed E-state index contributed by atoms with van der Waals surface area (Å²) >= 11 is 0. The van der Waals surface area contributed by atoms with Crippen LogP contribution in [0.1, 0.15) is 22.3 Å². The Morgan fingerprint density at radius 2 is 2.00 bits per heavy atom. The first-order chi connectivity index (χ1) is 9.65. The van der Waals surface area contributed by atoms with Crippen molar-refractivity contribution in [1.82, 2.24) is 9.78 Å². The molecule has 0 spiro atoms. The van der Waals surface area contributed by atoms with E-state index in [0.29, 0.717) is 19.5 Å². The fourth-order valence-electron chi connectivity index (χ4n) is 2.30. The van der Waals surface area contributed by atoms with Crippen LogP contribution < -0.4 is 4.90 Å². The molecule has 6 heteroatoms. The molecule has 1 N–H and O–H groups in total. The molecule has 102 valence electrons. The van der Waals surface area contributed by atoms with Gasteiger partial charge in [-0.05, 0) is 17.7 Å². The van der Waals surface area contributed by atoms with E-state index in [0.717, 1.165) is 11.4 Å². The molecule has 0 fully saturated rings. The summed E-state index contributed by atoms with van der Waals surface area (Å²) in [4.78, 5) is 24.5. The summed E-state index contributed by atoms with van der Waals surface area (Å²) in [5.41, 5.74) is 1.13. The predicted molar refractivity (Wildman–Crippen MR) is 71.4 cm³/mol. The number of hydrogen-bond acceptors (Lipinski definition) is 3. The topological polar surface area (TPSA) is 75.4 Å². The first-order valence-electron chi connectivity index (χ1n) is 6.29. The van der Waals surface area contributed by atoms with Crippen molar-refractivity contribution in [3.8, 4) is 0 Å². The number of aromatic nitrogens is 2. The maximum Gasteiger partial charge on any atom is 0.335 e. The zero-order valence-electron chi connectivity index (χ0n) is 10.7. The molecule has 1 aromatic carbocycles. The lowest BCUT2D eigenvalue weighted by molar-refractivity contribution is -0.119. The number of nitrogens with zero attached hydrogens (tertiary/aromatic N) is 3. The fourth-order valence-corrected chi connectivity index (χ4v) is 2.30. The molecule has 1 aromatic heterocycles. The van der Waals surface area contributed by atoms with Crippen LogP contribution in [-0.2, 0) is 17.9 Å². The molecule has 0 aliphatic carbocycles. The molecule has 2 aromatic rings. The molecule has 6 nitrogen and oxygen atoms in total. The molecule has 0 atom stereocenters. The monoisotopic (exact) mass is 271 g/mol. The van der Waals surface area contributed by atoms with E-state index in [9.17, 15) is 9.59 Å². The van der Waals surface area contributed by atoms with Gasteiger partial charge in [-0.1, -0.05) is 12.1 Å². The first kappa shape index (κ1) is 12.4. The van der Waals surface area contributed by atoms with Crippen LogP contribution in [0.25, 0.3) is 0 Å². The van der Waals surface area contributed by atoms with Crippen molar-refractivity contribution in [2.24, 2.45) is 0 Å². The van der Waals surface area contributed by atoms with Gasteiger partial charge in [-0.25, -0.2) is 9.48 Å². The van der Waals surface area contributed by atoms with Crippen LogP contribution in [0.2, 0.25) is 0 Å². The van der Waals surface area contributed by atoms with Crippen LogP contribution in [0.3, 0.4) is 0 Å². The number of carboxylic acids is 1. The van der Waals surface area contributed by atoms with Gasteiger partial charge in [0.05, 0.1) is 24.8 Å². The summed E-state index contributed by atoms with van der Waals surface area (Å²) in [7, 11) is 0. The average molecular weight is 271 g/mol. The van der Waals surface area contributed by atoms with Crippen LogP contribution >= 0.6 is 0 Å². The maximum atomic E-state index is 12.0. The quantitative estimate of drug-likeness (QED) is 0.918. The number of carboxylic acid groups (broad SMARTS) is 1. The molecular weight excluding hydrogens is 258 g/mol. The van der Waals surface area contributed by atoms with E-state index >= 15 is 0 Å². The van der Waals surface area contributed by atoms with Crippen LogP contribution in [-0.4, -0.2) is 26.8 Å². The normalized spacial score (nSPS) is 14.2. The molecule has 0 bridgehead atoms. The van der Waals surface area contributed by atoms with Crippen LogP contribution in [0, 0.1) is 0 Å². The Balaban J connectivity index is 1.84. The van der Waals surface area contributed by atoms with Crippen molar-refractivity contribution in [2.75, 3.05) is 4.90 Å². The number of carbonyl (C=O) groups is 2. The zero-order valence-corrected chi connectivity index (χ0v) is 10.7. The van der Waals surface area contributed by atoms with Crippen molar-refractivity contribution in [1.29, 1.82) is 0 Å². The fraction of sp³-hybridized carbons (Fsp3) is 0.214. The minimum absolute atomic E-state index is 0.0558. The molecule has 0 saturated heterocycles. The second kappa shape index (κ2) is 4.80. The van der Waals surface area contributed by atoms with Crippen molar-refractivity contribution < 1.29 is 14.7 Å². The average Bonchev–Trinajstić information content (AvgIpc) is 2.91. The summed E-state index contributed by atoms with van der Waals surface area (Å²) in [6.45, 7) is 1.03. The molecule has 0 saturated carbocycles. The highest BCUT2D eigenvalue weighted by atomic mass is 16.4. The van der Waals surface area contributed by atoms with Gasteiger partial charge in [-0.3, -0.25) is 9.69 Å². The van der Waals surface area contributed by atoms with Crippen LogP contribution in [0.15, 0.2) is 36.5 Å². The van der Waals surface area contributed by atoms with Crippen LogP contribution in [0.4, 0.5) is 5.82 Å². The summed E-state index contributed by atoms with van der Waals surface area (Å²) < 4.78 is 1.80. The van der Waals surface area contributed by atoms with E-state index in [4.69, 9.17) is 5.11 Å². The zero-order chi connectivity index (χ0) is 14.1. The molecule has 0 unspecified atom stereocenters. The summed E-state index contributed by atoms with van der Waals surface area (Å²) in [6.07, 6.45) is 2.11. The minimum Gasteiger partial charge on any atom is -0.478 e. The number of aromatic carboxylic acids is 1. The predicted octanol–water partition coefficient (Wildman–Crippen LogP) is 1.52. The third kappa shape index (κ3) is 2.16. The Hall–Kier alpha value is -2.63.